The fraction of sp³-hybridized carbons (Fsp3) is 0. The Morgan fingerprint density at radius 2 is 0.898 bits per heavy atom. The SMILES string of the molecule is [2H]c1c([2H])c(-c2c([2H])c([2H])c([2H])c3c2sc2c([2H])c([2H])c([2H])c([2H])c23)c([2H])c([2H])c1-c1nc(-c2ccccc2)nc(-c2ccc(-c3cccc(-c4ccccc4)c3)cc2)n1. The van der Waals surface area contributed by atoms with Crippen LogP contribution in [0.15, 0.2) is 176 Å². The molecule has 0 radical (unpaired) electrons. The Labute approximate surface area is 304 Å². The van der Waals surface area contributed by atoms with E-state index in [-0.39, 0.29) is 60.4 Å². The average molecular weight is 655 g/mol. The van der Waals surface area contributed by atoms with E-state index in [1.807, 2.05) is 84.9 Å². The molecule has 0 aliphatic rings. The molecule has 0 spiro atoms. The number of hydrogen-bond donors (Lipinski definition) is 0. The van der Waals surface area contributed by atoms with Gasteiger partial charge < -0.3 is 0 Å². The normalized spacial score (nSPS) is 14.4. The lowest BCUT2D eigenvalue weighted by Crippen LogP contribution is -2.00. The summed E-state index contributed by atoms with van der Waals surface area (Å²) in [4.78, 5) is 14.2. The van der Waals surface area contributed by atoms with Crippen LogP contribution in [0.4, 0.5) is 0 Å². The van der Waals surface area contributed by atoms with Crippen molar-refractivity contribution < 1.29 is 15.1 Å². The van der Waals surface area contributed by atoms with E-state index >= 15 is 0 Å². The number of hydrogen-bond acceptors (Lipinski definition) is 4. The van der Waals surface area contributed by atoms with Crippen LogP contribution in [0.2, 0.25) is 0 Å². The minimum absolute atomic E-state index is 0.00693. The Kier molecular flexibility index (Phi) is 4.96. The third kappa shape index (κ3) is 5.58. The zero-order valence-electron chi connectivity index (χ0n) is 36.6. The van der Waals surface area contributed by atoms with Crippen molar-refractivity contribution >= 4 is 31.5 Å². The molecule has 0 unspecified atom stereocenters. The molecule has 4 heteroatoms. The largest absolute Gasteiger partial charge is 0.208 e. The maximum absolute atomic E-state index is 9.28. The maximum Gasteiger partial charge on any atom is 0.164 e. The van der Waals surface area contributed by atoms with Gasteiger partial charge in [0.05, 0.1) is 15.1 Å². The lowest BCUT2D eigenvalue weighted by Gasteiger charge is -2.10. The summed E-state index contributed by atoms with van der Waals surface area (Å²) in [5, 5.41) is -0.0315. The van der Waals surface area contributed by atoms with E-state index < -0.39 is 60.4 Å². The van der Waals surface area contributed by atoms with Gasteiger partial charge in [0.15, 0.2) is 17.5 Å². The van der Waals surface area contributed by atoms with Gasteiger partial charge in [-0.1, -0.05) is 164 Å². The highest BCUT2D eigenvalue weighted by Gasteiger charge is 2.14. The summed E-state index contributed by atoms with van der Waals surface area (Å²) in [5.41, 5.74) is 4.67. The molecule has 0 atom stereocenters. The zero-order chi connectivity index (χ0) is 42.1. The van der Waals surface area contributed by atoms with E-state index in [1.54, 1.807) is 0 Å². The maximum atomic E-state index is 9.28. The molecule has 7 aromatic carbocycles. The van der Waals surface area contributed by atoms with Crippen LogP contribution in [0, 0.1) is 0 Å². The number of benzene rings is 7. The third-order valence-electron chi connectivity index (χ3n) is 8.15. The Morgan fingerprint density at radius 1 is 0.388 bits per heavy atom. The average Bonchev–Trinajstić information content (AvgIpc) is 3.69. The minimum atomic E-state index is -0.588. The van der Waals surface area contributed by atoms with Gasteiger partial charge in [0.2, 0.25) is 0 Å². The number of nitrogens with zero attached hydrogens (tertiary/aromatic N) is 3. The summed E-state index contributed by atoms with van der Waals surface area (Å²) in [6, 6.07) is 29.5. The first-order chi connectivity index (χ1) is 28.8. The highest BCUT2D eigenvalue weighted by atomic mass is 32.1. The van der Waals surface area contributed by atoms with Crippen LogP contribution in [-0.2, 0) is 0 Å². The Hall–Kier alpha value is -6.23. The zero-order valence-corrected chi connectivity index (χ0v) is 26.5. The molecule has 0 N–H and O–H groups in total. The molecule has 9 rings (SSSR count). The van der Waals surface area contributed by atoms with Crippen molar-refractivity contribution in [3.05, 3.63) is 176 Å². The number of thiophene rings is 1. The van der Waals surface area contributed by atoms with Crippen LogP contribution in [0.1, 0.15) is 15.1 Å². The standard InChI is InChI=1S/C45H29N3S/c1-3-11-30(12-4-1)36-15-9-16-37(29-36)31-21-25-34(26-22-31)44-46-43(33-13-5-2-6-14-33)47-45(48-44)35-27-23-32(24-28-35)38-18-10-19-40-39-17-7-8-20-41(39)49-42(38)40/h1-29H/i7D,8D,10D,17D,18D,19D,20D,23D,24D,27D,28D. The molecule has 0 amide bonds. The molecule has 0 fully saturated rings. The highest BCUT2D eigenvalue weighted by molar-refractivity contribution is 7.26. The second-order valence-electron chi connectivity index (χ2n) is 11.2. The number of fused-ring (bicyclic) bond motifs is 3. The van der Waals surface area contributed by atoms with E-state index in [2.05, 4.69) is 29.2 Å². The number of rotatable bonds is 6. The van der Waals surface area contributed by atoms with E-state index in [0.717, 1.165) is 33.6 Å². The quantitative estimate of drug-likeness (QED) is 0.179. The van der Waals surface area contributed by atoms with Crippen molar-refractivity contribution in [2.45, 2.75) is 0 Å². The van der Waals surface area contributed by atoms with Gasteiger partial charge in [0.1, 0.15) is 0 Å². The van der Waals surface area contributed by atoms with Gasteiger partial charge in [-0.25, -0.2) is 15.0 Å². The van der Waals surface area contributed by atoms with E-state index in [0.29, 0.717) is 11.1 Å². The van der Waals surface area contributed by atoms with Crippen molar-refractivity contribution in [3.8, 4) is 67.5 Å². The molecule has 0 aliphatic carbocycles. The second kappa shape index (κ2) is 12.4. The molecule has 3 nitrogen and oxygen atoms in total. The Morgan fingerprint density at radius 3 is 1.59 bits per heavy atom. The Bertz CT molecular complexity index is 3180. The molecular formula is C45H29N3S. The number of aromatic nitrogens is 3. The van der Waals surface area contributed by atoms with Crippen molar-refractivity contribution in [2.75, 3.05) is 0 Å². The summed E-state index contributed by atoms with van der Waals surface area (Å²) in [5.74, 6) is 0.350. The lowest BCUT2D eigenvalue weighted by molar-refractivity contribution is 1.07. The van der Waals surface area contributed by atoms with E-state index in [4.69, 9.17) is 19.6 Å². The van der Waals surface area contributed by atoms with Gasteiger partial charge in [0, 0.05) is 36.9 Å². The van der Waals surface area contributed by atoms with Gasteiger partial charge in [-0.3, -0.25) is 0 Å². The molecule has 0 saturated heterocycles. The molecule has 0 bridgehead atoms. The van der Waals surface area contributed by atoms with Crippen LogP contribution < -0.4 is 0 Å². The fourth-order valence-electron chi connectivity index (χ4n) is 5.71. The summed E-state index contributed by atoms with van der Waals surface area (Å²) in [7, 11) is 0. The third-order valence-corrected chi connectivity index (χ3v) is 9.27. The summed E-state index contributed by atoms with van der Waals surface area (Å²) in [6.45, 7) is 0. The van der Waals surface area contributed by atoms with Crippen molar-refractivity contribution in [3.63, 3.8) is 0 Å². The van der Waals surface area contributed by atoms with Gasteiger partial charge in [0.25, 0.3) is 0 Å². The molecule has 2 aromatic heterocycles. The van der Waals surface area contributed by atoms with Crippen LogP contribution >= 0.6 is 11.3 Å². The molecule has 230 valence electrons. The smallest absolute Gasteiger partial charge is 0.164 e. The predicted molar refractivity (Wildman–Crippen MR) is 205 cm³/mol. The van der Waals surface area contributed by atoms with E-state index in [9.17, 15) is 5.48 Å². The van der Waals surface area contributed by atoms with Crippen molar-refractivity contribution in [1.29, 1.82) is 0 Å². The van der Waals surface area contributed by atoms with Crippen LogP contribution in [0.3, 0.4) is 0 Å². The first-order valence-corrected chi connectivity index (χ1v) is 16.3. The first-order valence-electron chi connectivity index (χ1n) is 21.0. The van der Waals surface area contributed by atoms with Crippen LogP contribution in [-0.4, -0.2) is 15.0 Å². The minimum Gasteiger partial charge on any atom is -0.208 e. The molecule has 0 aliphatic heterocycles. The van der Waals surface area contributed by atoms with Gasteiger partial charge >= 0.3 is 0 Å². The van der Waals surface area contributed by atoms with Gasteiger partial charge in [-0.2, -0.15) is 0 Å². The van der Waals surface area contributed by atoms with Crippen LogP contribution in [0.25, 0.3) is 87.7 Å². The van der Waals surface area contributed by atoms with Gasteiger partial charge in [-0.15, -0.1) is 11.3 Å². The fourth-order valence-corrected chi connectivity index (χ4v) is 6.78. The Balaban J connectivity index is 1.21. The molecule has 0 saturated carbocycles. The van der Waals surface area contributed by atoms with Gasteiger partial charge in [-0.05, 0) is 45.5 Å². The first kappa shape index (κ1) is 19.6. The topological polar surface area (TPSA) is 38.7 Å². The van der Waals surface area contributed by atoms with Crippen molar-refractivity contribution in [2.24, 2.45) is 0 Å². The monoisotopic (exact) mass is 654 g/mol. The predicted octanol–water partition coefficient (Wildman–Crippen LogP) is 12.2. The van der Waals surface area contributed by atoms with Crippen LogP contribution in [0.5, 0.6) is 0 Å². The highest BCUT2D eigenvalue weighted by Crippen LogP contribution is 2.40. The molecule has 9 aromatic rings. The summed E-state index contributed by atoms with van der Waals surface area (Å²) >= 11 is 0.855. The second-order valence-corrected chi connectivity index (χ2v) is 12.2. The van der Waals surface area contributed by atoms with E-state index in [1.165, 1.54) is 0 Å². The summed E-state index contributed by atoms with van der Waals surface area (Å²) < 4.78 is 97.3. The molecular weight excluding hydrogens is 615 g/mol. The molecule has 2 heterocycles. The van der Waals surface area contributed by atoms with Crippen molar-refractivity contribution in [1.82, 2.24) is 15.0 Å². The lowest BCUT2D eigenvalue weighted by atomic mass is 9.98. The summed E-state index contributed by atoms with van der Waals surface area (Å²) in [6.07, 6.45) is 0. The molecule has 49 heavy (non-hydrogen) atoms.